The molecule has 312 valence electrons. The van der Waals surface area contributed by atoms with Crippen LogP contribution in [-0.2, 0) is 101 Å². The summed E-state index contributed by atoms with van der Waals surface area (Å²) >= 11 is 0. The number of hydrogen-bond acceptors (Lipinski definition) is 21. The maximum absolute atomic E-state index is 14.9. The van der Waals surface area contributed by atoms with Crippen molar-refractivity contribution in [3.8, 4) is 0 Å². The van der Waals surface area contributed by atoms with E-state index in [1.807, 2.05) is 0 Å². The van der Waals surface area contributed by atoms with Gasteiger partial charge in [0.25, 0.3) is 5.91 Å². The van der Waals surface area contributed by atoms with Crippen LogP contribution in [0.3, 0.4) is 0 Å². The van der Waals surface area contributed by atoms with Gasteiger partial charge in [-0.25, -0.2) is 4.31 Å². The number of nitrogens with zero attached hydrogens (tertiary/aromatic N) is 2. The summed E-state index contributed by atoms with van der Waals surface area (Å²) in [4.78, 5) is 112. The van der Waals surface area contributed by atoms with Crippen molar-refractivity contribution in [3.05, 3.63) is 11.8 Å². The highest BCUT2D eigenvalue weighted by molar-refractivity contribution is 7.87. The zero-order chi connectivity index (χ0) is 42.4. The fourth-order valence-electron chi connectivity index (χ4n) is 6.07. The number of esters is 8. The van der Waals surface area contributed by atoms with Gasteiger partial charge in [-0.2, -0.15) is 12.7 Å². The Morgan fingerprint density at radius 3 is 1.14 bits per heavy atom. The summed E-state index contributed by atoms with van der Waals surface area (Å²) in [7, 11) is -5.49. The van der Waals surface area contributed by atoms with E-state index in [4.69, 9.17) is 47.4 Å². The first-order valence-electron chi connectivity index (χ1n) is 16.6. The third-order valence-electron chi connectivity index (χ3n) is 7.79. The largest absolute Gasteiger partial charge is 0.463 e. The number of hydrogen-bond donors (Lipinski definition) is 0. The number of amides is 1. The number of ether oxygens (including phenoxy) is 10. The molecule has 0 unspecified atom stereocenters. The molecule has 23 nitrogen and oxygen atoms in total. The Kier molecular flexibility index (Phi) is 14.9. The maximum atomic E-state index is 14.9. The van der Waals surface area contributed by atoms with E-state index in [1.54, 1.807) is 0 Å². The van der Waals surface area contributed by atoms with E-state index in [9.17, 15) is 51.6 Å². The van der Waals surface area contributed by atoms with Gasteiger partial charge in [0.05, 0.1) is 0 Å². The molecule has 0 N–H and O–H groups in total. The molecule has 10 atom stereocenters. The van der Waals surface area contributed by atoms with Crippen molar-refractivity contribution in [1.82, 2.24) is 8.61 Å². The lowest BCUT2D eigenvalue weighted by Gasteiger charge is -2.51. The van der Waals surface area contributed by atoms with Crippen LogP contribution < -0.4 is 0 Å². The van der Waals surface area contributed by atoms with Gasteiger partial charge >= 0.3 is 58.0 Å². The molecule has 3 rings (SSSR count). The average Bonchev–Trinajstić information content (AvgIpc) is 3.02. The smallest absolute Gasteiger partial charge is 0.333 e. The van der Waals surface area contributed by atoms with Crippen LogP contribution in [-0.4, -0.2) is 145 Å². The highest BCUT2D eigenvalue weighted by atomic mass is 32.2. The standard InChI is InChI=1S/C32H42N2O21S/c1-13-10-24(43)34(32-30(53-21(9)42)28(51-19(7)40)26(49-17(5)38)23(55-32)12-47-15(3)36)56(44,45)33(13)31-29(52-20(8)41)27(50-18(6)39)25(48-16(4)37)22(54-31)11-46-14(2)35/h10,22-23,25-32H,11-12H2,1-9H3/t22-,23-,25-,26-,27+,28+,29-,30-,31-,32-/m1/s1. The van der Waals surface area contributed by atoms with Gasteiger partial charge in [0.1, 0.15) is 25.4 Å². The second kappa shape index (κ2) is 18.5. The summed E-state index contributed by atoms with van der Waals surface area (Å²) in [5.74, 6) is -9.34. The second-order valence-corrected chi connectivity index (χ2v) is 14.1. The molecule has 3 heterocycles. The number of rotatable bonds is 12. The summed E-state index contributed by atoms with van der Waals surface area (Å²) in [5.41, 5.74) is -0.419. The van der Waals surface area contributed by atoms with E-state index in [0.29, 0.717) is 4.31 Å². The van der Waals surface area contributed by atoms with Gasteiger partial charge in [-0.3, -0.25) is 43.2 Å². The zero-order valence-electron chi connectivity index (χ0n) is 31.6. The van der Waals surface area contributed by atoms with Gasteiger partial charge in [-0.15, -0.1) is 0 Å². The van der Waals surface area contributed by atoms with Crippen LogP contribution in [0, 0.1) is 0 Å². The zero-order valence-corrected chi connectivity index (χ0v) is 32.5. The molecule has 0 aromatic heterocycles. The fourth-order valence-corrected chi connectivity index (χ4v) is 7.82. The van der Waals surface area contributed by atoms with Crippen LogP contribution in [0.5, 0.6) is 0 Å². The van der Waals surface area contributed by atoms with Crippen molar-refractivity contribution >= 4 is 63.9 Å². The van der Waals surface area contributed by atoms with Crippen LogP contribution in [0.25, 0.3) is 0 Å². The fraction of sp³-hybridized carbons (Fsp3) is 0.656. The van der Waals surface area contributed by atoms with Gasteiger partial charge in [-0.05, 0) is 6.92 Å². The Morgan fingerprint density at radius 2 is 0.821 bits per heavy atom. The Bertz CT molecular complexity index is 1740. The molecule has 0 bridgehead atoms. The van der Waals surface area contributed by atoms with Gasteiger partial charge < -0.3 is 47.4 Å². The molecule has 1 amide bonds. The van der Waals surface area contributed by atoms with Crippen molar-refractivity contribution in [2.24, 2.45) is 0 Å². The van der Waals surface area contributed by atoms with Crippen LogP contribution in [0.1, 0.15) is 62.3 Å². The minimum Gasteiger partial charge on any atom is -0.463 e. The summed E-state index contributed by atoms with van der Waals surface area (Å²) < 4.78 is 84.6. The van der Waals surface area contributed by atoms with Gasteiger partial charge in [0, 0.05) is 67.2 Å². The molecule has 24 heteroatoms. The summed E-state index contributed by atoms with van der Waals surface area (Å²) in [5, 5.41) is 0. The van der Waals surface area contributed by atoms with Crippen LogP contribution >= 0.6 is 0 Å². The van der Waals surface area contributed by atoms with E-state index in [1.165, 1.54) is 0 Å². The van der Waals surface area contributed by atoms with E-state index in [0.717, 1.165) is 68.4 Å². The summed E-state index contributed by atoms with van der Waals surface area (Å²) in [6.45, 7) is 7.20. The van der Waals surface area contributed by atoms with Crippen LogP contribution in [0.4, 0.5) is 0 Å². The maximum Gasteiger partial charge on any atom is 0.333 e. The van der Waals surface area contributed by atoms with Crippen molar-refractivity contribution in [1.29, 1.82) is 0 Å². The first-order valence-corrected chi connectivity index (χ1v) is 18.0. The highest BCUT2D eigenvalue weighted by Gasteiger charge is 2.62. The predicted octanol–water partition coefficient (Wildman–Crippen LogP) is -1.55. The van der Waals surface area contributed by atoms with Crippen molar-refractivity contribution < 1.29 is 98.9 Å². The molecule has 0 radical (unpaired) electrons. The topological polar surface area (TPSA) is 287 Å². The lowest BCUT2D eigenvalue weighted by Crippen LogP contribution is -2.71. The molecular weight excluding hydrogens is 780 g/mol. The van der Waals surface area contributed by atoms with E-state index >= 15 is 0 Å². The Balaban J connectivity index is 2.31. The Morgan fingerprint density at radius 1 is 0.518 bits per heavy atom. The van der Waals surface area contributed by atoms with E-state index < -0.39 is 144 Å². The molecule has 0 aromatic carbocycles. The quantitative estimate of drug-likeness (QED) is 0.159. The number of carbonyl (C=O) groups is 9. The van der Waals surface area contributed by atoms with Crippen LogP contribution in [0.2, 0.25) is 0 Å². The SMILES string of the molecule is CC(=O)OC[C@H]1O[C@@H](N2C(=O)C=C(C)N([C@@H]3O[C@H](COC(C)=O)[C@@H](OC(C)=O)[C@H](OC(C)=O)[C@H]3OC(C)=O)S2(=O)=O)[C@H](OC(C)=O)[C@@H](OC(C)=O)[C@@H]1OC(C)=O. The third kappa shape index (κ3) is 10.9. The summed E-state index contributed by atoms with van der Waals surface area (Å²) in [6.07, 6.45) is -18.3. The Labute approximate surface area is 319 Å². The molecule has 2 fully saturated rings. The van der Waals surface area contributed by atoms with Crippen molar-refractivity contribution in [2.75, 3.05) is 13.2 Å². The van der Waals surface area contributed by atoms with Gasteiger partial charge in [-0.1, -0.05) is 0 Å². The second-order valence-electron chi connectivity index (χ2n) is 12.4. The van der Waals surface area contributed by atoms with E-state index in [2.05, 4.69) is 0 Å². The molecule has 2 saturated heterocycles. The lowest BCUT2D eigenvalue weighted by molar-refractivity contribution is -0.272. The van der Waals surface area contributed by atoms with Crippen LogP contribution in [0.15, 0.2) is 11.8 Å². The molecule has 56 heavy (non-hydrogen) atoms. The first kappa shape index (κ1) is 45.0. The minimum absolute atomic E-state index is 0.0448. The molecule has 0 saturated carbocycles. The third-order valence-corrected chi connectivity index (χ3v) is 9.67. The lowest BCUT2D eigenvalue weighted by atomic mass is 9.96. The van der Waals surface area contributed by atoms with E-state index in [-0.39, 0.29) is 4.31 Å². The van der Waals surface area contributed by atoms with Gasteiger partial charge in [0.15, 0.2) is 49.1 Å². The first-order chi connectivity index (χ1) is 26.0. The normalized spacial score (nSPS) is 29.7. The monoisotopic (exact) mass is 822 g/mol. The summed E-state index contributed by atoms with van der Waals surface area (Å²) in [6, 6.07) is 0. The van der Waals surface area contributed by atoms with Crippen molar-refractivity contribution in [2.45, 2.75) is 124 Å². The molecule has 3 aliphatic rings. The molecule has 0 spiro atoms. The Hall–Kier alpha value is -5.36. The molecule has 0 aromatic rings. The minimum atomic E-state index is -5.49. The molecule has 3 aliphatic heterocycles. The number of allylic oxidation sites excluding steroid dienone is 1. The number of carbonyl (C=O) groups excluding carboxylic acids is 9. The molecular formula is C32H42N2O21S. The predicted molar refractivity (Wildman–Crippen MR) is 175 cm³/mol. The van der Waals surface area contributed by atoms with Crippen molar-refractivity contribution in [3.63, 3.8) is 0 Å². The molecule has 0 aliphatic carbocycles. The highest BCUT2D eigenvalue weighted by Crippen LogP contribution is 2.39. The van der Waals surface area contributed by atoms with Gasteiger partial charge in [0.2, 0.25) is 0 Å². The average molecular weight is 823 g/mol.